The van der Waals surface area contributed by atoms with E-state index >= 15 is 0 Å². The number of carbonyl (C=O) groups excluding carboxylic acids is 1. The zero-order valence-corrected chi connectivity index (χ0v) is 11.9. The Bertz CT molecular complexity index is 466. The Hall–Kier alpha value is -1.55. The number of hydrogen-bond donors (Lipinski definition) is 0. The molecule has 20 heavy (non-hydrogen) atoms. The number of halogens is 3. The second kappa shape index (κ2) is 8.59. The average Bonchev–Trinajstić information content (AvgIpc) is 3.04. The molecule has 1 aliphatic rings. The van der Waals surface area contributed by atoms with E-state index in [1.807, 2.05) is 30.3 Å². The summed E-state index contributed by atoms with van der Waals surface area (Å²) in [6.07, 6.45) is -0.273. The average molecular weight is 369 g/mol. The fourth-order valence-electron chi connectivity index (χ4n) is 1.23. The number of carbonyl (C=O) groups is 1. The number of ketones is 1. The number of hydrogen-bond acceptors (Lipinski definition) is 2. The summed E-state index contributed by atoms with van der Waals surface area (Å²) in [5.41, 5.74) is 0.127. The predicted octanol–water partition coefficient (Wildman–Crippen LogP) is 2.65. The Morgan fingerprint density at radius 3 is 2.00 bits per heavy atom. The van der Waals surface area contributed by atoms with E-state index in [-0.39, 0.29) is 25.1 Å². The van der Waals surface area contributed by atoms with Gasteiger partial charge >= 0.3 is 25.7 Å². The van der Waals surface area contributed by atoms with Crippen LogP contribution < -0.4 is 5.11 Å². The van der Waals surface area contributed by atoms with Crippen LogP contribution >= 0.6 is 0 Å². The van der Waals surface area contributed by atoms with Gasteiger partial charge < -0.3 is 5.11 Å². The second-order valence-corrected chi connectivity index (χ2v) is 3.66. The van der Waals surface area contributed by atoms with E-state index in [1.54, 1.807) is 0 Å². The summed E-state index contributed by atoms with van der Waals surface area (Å²) in [6.45, 7) is 0. The van der Waals surface area contributed by atoms with Gasteiger partial charge in [-0.1, -0.05) is 24.3 Å². The van der Waals surface area contributed by atoms with E-state index in [2.05, 4.69) is 0 Å². The first-order valence-electron chi connectivity index (χ1n) is 5.43. The summed E-state index contributed by atoms with van der Waals surface area (Å²) in [5, 5.41) is 11.0. The van der Waals surface area contributed by atoms with E-state index < -0.39 is 24.1 Å². The molecule has 0 bridgehead atoms. The molecule has 0 saturated heterocycles. The fourth-order valence-corrected chi connectivity index (χ4v) is 1.23. The van der Waals surface area contributed by atoms with Gasteiger partial charge in [0.25, 0.3) is 0 Å². The van der Waals surface area contributed by atoms with Gasteiger partial charge in [0.15, 0.2) is 0 Å². The van der Waals surface area contributed by atoms with Crippen LogP contribution in [0.15, 0.2) is 66.0 Å². The summed E-state index contributed by atoms with van der Waals surface area (Å²) in [6, 6.07) is 10.0. The second-order valence-electron chi connectivity index (χ2n) is 3.66. The minimum atomic E-state index is -4.93. The SMILES string of the molecule is O=C(CC([O-])=C1C=CC=C1)C(F)(F)F.[Ru+2].c1cc[cH-]c1. The van der Waals surface area contributed by atoms with E-state index in [4.69, 9.17) is 0 Å². The molecular weight excluding hydrogens is 358 g/mol. The molecule has 0 atom stereocenters. The summed E-state index contributed by atoms with van der Waals surface area (Å²) >= 11 is 0. The molecule has 0 fully saturated rings. The molecule has 0 aliphatic heterocycles. The first-order valence-corrected chi connectivity index (χ1v) is 5.43. The quantitative estimate of drug-likeness (QED) is 0.457. The Balaban J connectivity index is 0.000000507. The Morgan fingerprint density at radius 1 is 1.15 bits per heavy atom. The number of Topliss-reactive ketones (excluding diaryl/α,β-unsaturated/α-hetero) is 1. The van der Waals surface area contributed by atoms with Crippen LogP contribution in [0.2, 0.25) is 0 Å². The van der Waals surface area contributed by atoms with Crippen LogP contribution in [0.1, 0.15) is 6.42 Å². The molecule has 0 aromatic heterocycles. The molecule has 1 aliphatic carbocycles. The van der Waals surface area contributed by atoms with Crippen molar-refractivity contribution in [1.82, 2.24) is 0 Å². The van der Waals surface area contributed by atoms with E-state index in [1.165, 1.54) is 24.3 Å². The van der Waals surface area contributed by atoms with Gasteiger partial charge in [0.05, 0.1) is 0 Å². The van der Waals surface area contributed by atoms with Crippen molar-refractivity contribution in [2.24, 2.45) is 0 Å². The van der Waals surface area contributed by atoms with Crippen molar-refractivity contribution in [2.75, 3.05) is 0 Å². The Labute approximate surface area is 127 Å². The minimum absolute atomic E-state index is 0. The van der Waals surface area contributed by atoms with Crippen molar-refractivity contribution in [1.29, 1.82) is 0 Å². The first-order chi connectivity index (χ1) is 8.91. The van der Waals surface area contributed by atoms with Crippen LogP contribution in [0.5, 0.6) is 0 Å². The van der Waals surface area contributed by atoms with Gasteiger partial charge in [-0.25, -0.2) is 12.1 Å². The molecular formula is C14H11F3O2Ru. The smallest absolute Gasteiger partial charge is 0.875 e. The molecule has 2 rings (SSSR count). The van der Waals surface area contributed by atoms with Crippen molar-refractivity contribution < 1.29 is 42.6 Å². The topological polar surface area (TPSA) is 40.1 Å². The van der Waals surface area contributed by atoms with Crippen LogP contribution in [0.25, 0.3) is 0 Å². The summed E-state index contributed by atoms with van der Waals surface area (Å²) < 4.78 is 35.2. The summed E-state index contributed by atoms with van der Waals surface area (Å²) in [5.74, 6) is -2.82. The van der Waals surface area contributed by atoms with E-state index in [0.29, 0.717) is 0 Å². The maximum atomic E-state index is 11.7. The largest absolute Gasteiger partial charge is 2.00 e. The molecule has 1 aromatic rings. The summed E-state index contributed by atoms with van der Waals surface area (Å²) in [7, 11) is 0. The normalized spacial score (nSPS) is 12.4. The standard InChI is InChI=1S/C9H7F3O2.C5H5.Ru/c10-9(11,12)8(14)5-7(13)6-3-1-2-4-6;1-2-4-5-3-1;/h1-4,13H,5H2;1-5H;/q;-1;+2/p-1. The molecule has 0 amide bonds. The molecule has 1 aromatic carbocycles. The molecule has 0 saturated carbocycles. The van der Waals surface area contributed by atoms with Crippen LogP contribution in [0.3, 0.4) is 0 Å². The van der Waals surface area contributed by atoms with Crippen molar-refractivity contribution in [3.63, 3.8) is 0 Å². The van der Waals surface area contributed by atoms with Crippen molar-refractivity contribution in [3.05, 3.63) is 66.0 Å². The zero-order valence-electron chi connectivity index (χ0n) is 10.2. The third-order valence-corrected chi connectivity index (χ3v) is 2.18. The van der Waals surface area contributed by atoms with Crippen LogP contribution in [-0.2, 0) is 24.3 Å². The van der Waals surface area contributed by atoms with E-state index in [9.17, 15) is 23.1 Å². The van der Waals surface area contributed by atoms with Crippen LogP contribution in [0.4, 0.5) is 13.2 Å². The Morgan fingerprint density at radius 2 is 1.65 bits per heavy atom. The molecule has 0 heterocycles. The van der Waals surface area contributed by atoms with Gasteiger partial charge in [0.1, 0.15) is 0 Å². The van der Waals surface area contributed by atoms with Gasteiger partial charge in [0, 0.05) is 6.42 Å². The van der Waals surface area contributed by atoms with Gasteiger partial charge in [-0.2, -0.15) is 31.4 Å². The van der Waals surface area contributed by atoms with Crippen molar-refractivity contribution in [3.8, 4) is 0 Å². The van der Waals surface area contributed by atoms with E-state index in [0.717, 1.165) is 0 Å². The minimum Gasteiger partial charge on any atom is -0.875 e. The maximum absolute atomic E-state index is 11.7. The molecule has 0 N–H and O–H groups in total. The van der Waals surface area contributed by atoms with Crippen LogP contribution in [0, 0.1) is 0 Å². The molecule has 0 spiro atoms. The van der Waals surface area contributed by atoms with Gasteiger partial charge in [-0.05, 0) is 5.57 Å². The van der Waals surface area contributed by atoms with Crippen molar-refractivity contribution in [2.45, 2.75) is 12.6 Å². The van der Waals surface area contributed by atoms with Gasteiger partial charge in [-0.3, -0.25) is 4.79 Å². The van der Waals surface area contributed by atoms with Crippen LogP contribution in [-0.4, -0.2) is 12.0 Å². The first kappa shape index (κ1) is 18.5. The molecule has 6 heteroatoms. The van der Waals surface area contributed by atoms with Crippen molar-refractivity contribution >= 4 is 5.78 Å². The third-order valence-electron chi connectivity index (χ3n) is 2.18. The molecule has 0 unspecified atom stereocenters. The zero-order chi connectivity index (χ0) is 14.3. The number of alkyl halides is 3. The number of rotatable bonds is 2. The molecule has 0 radical (unpaired) electrons. The monoisotopic (exact) mass is 370 g/mol. The summed E-state index contributed by atoms with van der Waals surface area (Å²) in [4.78, 5) is 10.4. The predicted molar refractivity (Wildman–Crippen MR) is 63.0 cm³/mol. The molecule has 2 nitrogen and oxygen atoms in total. The molecule has 108 valence electrons. The third kappa shape index (κ3) is 6.57. The van der Waals surface area contributed by atoms with Gasteiger partial charge in [-0.15, -0.1) is 5.76 Å². The van der Waals surface area contributed by atoms with Gasteiger partial charge in [0.2, 0.25) is 5.78 Å². The Kier molecular flexibility index (Phi) is 7.93. The maximum Gasteiger partial charge on any atom is 2.00 e. The number of allylic oxidation sites excluding steroid dienone is 6. The fraction of sp³-hybridized carbons (Fsp3) is 0.143.